The van der Waals surface area contributed by atoms with Crippen molar-refractivity contribution in [2.75, 3.05) is 6.54 Å². The summed E-state index contributed by atoms with van der Waals surface area (Å²) in [5.74, 6) is 0.762. The van der Waals surface area contributed by atoms with Crippen LogP contribution in [0.1, 0.15) is 36.7 Å². The van der Waals surface area contributed by atoms with E-state index in [2.05, 4.69) is 20.9 Å². The lowest BCUT2D eigenvalue weighted by Gasteiger charge is -2.35. The number of imidazole rings is 1. The van der Waals surface area contributed by atoms with Crippen LogP contribution in [0.4, 0.5) is 0 Å². The predicted molar refractivity (Wildman–Crippen MR) is 89.2 cm³/mol. The molecule has 4 heterocycles. The first-order valence-corrected chi connectivity index (χ1v) is 8.31. The van der Waals surface area contributed by atoms with Crippen molar-refractivity contribution in [2.24, 2.45) is 0 Å². The molecule has 0 amide bonds. The molecule has 0 aliphatic carbocycles. The maximum Gasteiger partial charge on any atom is 0.233 e. The summed E-state index contributed by atoms with van der Waals surface area (Å²) >= 11 is 5.93. The highest BCUT2D eigenvalue weighted by atomic mass is 35.5. The summed E-state index contributed by atoms with van der Waals surface area (Å²) in [7, 11) is 0. The van der Waals surface area contributed by atoms with E-state index < -0.39 is 0 Å². The molecule has 1 fully saturated rings. The van der Waals surface area contributed by atoms with Gasteiger partial charge in [0.25, 0.3) is 0 Å². The Kier molecular flexibility index (Phi) is 3.97. The van der Waals surface area contributed by atoms with Gasteiger partial charge in [-0.2, -0.15) is 0 Å². The molecule has 0 radical (unpaired) electrons. The van der Waals surface area contributed by atoms with Crippen LogP contribution in [0.2, 0.25) is 5.02 Å². The van der Waals surface area contributed by atoms with Gasteiger partial charge < -0.3 is 0 Å². The Morgan fingerprint density at radius 3 is 2.96 bits per heavy atom. The first-order valence-electron chi connectivity index (χ1n) is 7.94. The van der Waals surface area contributed by atoms with Gasteiger partial charge in [0.2, 0.25) is 5.78 Å². The van der Waals surface area contributed by atoms with E-state index in [0.717, 1.165) is 36.7 Å². The lowest BCUT2D eigenvalue weighted by Crippen LogP contribution is -2.33. The SMILES string of the molecule is Clc1ccc(CN2CCCCC2c2ccn3ccnc3n2)nc1. The van der Waals surface area contributed by atoms with Gasteiger partial charge >= 0.3 is 0 Å². The van der Waals surface area contributed by atoms with Crippen molar-refractivity contribution in [3.8, 4) is 0 Å². The van der Waals surface area contributed by atoms with Crippen molar-refractivity contribution in [1.29, 1.82) is 0 Å². The first-order chi connectivity index (χ1) is 11.3. The van der Waals surface area contributed by atoms with Crippen LogP contribution in [-0.4, -0.2) is 30.8 Å². The third-order valence-electron chi connectivity index (χ3n) is 4.39. The highest BCUT2D eigenvalue weighted by Gasteiger charge is 2.25. The number of aromatic nitrogens is 4. The molecule has 3 aromatic rings. The Morgan fingerprint density at radius 2 is 2.09 bits per heavy atom. The molecule has 0 spiro atoms. The summed E-state index contributed by atoms with van der Waals surface area (Å²) in [6.07, 6.45) is 11.0. The largest absolute Gasteiger partial charge is 0.291 e. The Hall–Kier alpha value is -1.98. The maximum atomic E-state index is 5.93. The quantitative estimate of drug-likeness (QED) is 0.738. The molecule has 6 heteroatoms. The van der Waals surface area contributed by atoms with Crippen molar-refractivity contribution < 1.29 is 0 Å². The summed E-state index contributed by atoms with van der Waals surface area (Å²) in [6, 6.07) is 6.33. The lowest BCUT2D eigenvalue weighted by molar-refractivity contribution is 0.135. The minimum atomic E-state index is 0.322. The zero-order valence-electron chi connectivity index (χ0n) is 12.8. The zero-order chi connectivity index (χ0) is 15.6. The highest BCUT2D eigenvalue weighted by molar-refractivity contribution is 6.30. The Balaban J connectivity index is 1.60. The van der Waals surface area contributed by atoms with Crippen LogP contribution in [0.5, 0.6) is 0 Å². The third-order valence-corrected chi connectivity index (χ3v) is 4.62. The van der Waals surface area contributed by atoms with Gasteiger partial charge in [-0.1, -0.05) is 18.0 Å². The van der Waals surface area contributed by atoms with Crippen LogP contribution in [0.15, 0.2) is 43.0 Å². The maximum absolute atomic E-state index is 5.93. The normalized spacial score (nSPS) is 19.3. The number of rotatable bonds is 3. The molecular formula is C17H18ClN5. The second-order valence-corrected chi connectivity index (χ2v) is 6.37. The molecule has 118 valence electrons. The minimum Gasteiger partial charge on any atom is -0.291 e. The molecule has 3 aromatic heterocycles. The number of halogens is 1. The lowest BCUT2D eigenvalue weighted by atomic mass is 9.99. The van der Waals surface area contributed by atoms with E-state index in [9.17, 15) is 0 Å². The number of hydrogen-bond acceptors (Lipinski definition) is 4. The topological polar surface area (TPSA) is 46.3 Å². The van der Waals surface area contributed by atoms with Gasteiger partial charge in [0.05, 0.1) is 22.5 Å². The molecular weight excluding hydrogens is 310 g/mol. The molecule has 1 aliphatic heterocycles. The molecule has 1 aliphatic rings. The van der Waals surface area contributed by atoms with E-state index >= 15 is 0 Å². The molecule has 1 atom stereocenters. The molecule has 0 bridgehead atoms. The Labute approximate surface area is 140 Å². The molecule has 0 aromatic carbocycles. The smallest absolute Gasteiger partial charge is 0.233 e. The molecule has 1 saturated heterocycles. The van der Waals surface area contributed by atoms with E-state index in [1.165, 1.54) is 12.8 Å². The van der Waals surface area contributed by atoms with Gasteiger partial charge in [0.15, 0.2) is 0 Å². The van der Waals surface area contributed by atoms with E-state index in [1.807, 2.05) is 28.9 Å². The van der Waals surface area contributed by atoms with Crippen LogP contribution in [0.3, 0.4) is 0 Å². The first kappa shape index (κ1) is 14.6. The van der Waals surface area contributed by atoms with E-state index in [1.54, 1.807) is 12.4 Å². The molecule has 5 nitrogen and oxygen atoms in total. The highest BCUT2D eigenvalue weighted by Crippen LogP contribution is 2.31. The van der Waals surface area contributed by atoms with Crippen molar-refractivity contribution in [2.45, 2.75) is 31.8 Å². The number of nitrogens with zero attached hydrogens (tertiary/aromatic N) is 5. The summed E-state index contributed by atoms with van der Waals surface area (Å²) in [5.41, 5.74) is 2.14. The van der Waals surface area contributed by atoms with Gasteiger partial charge in [0, 0.05) is 31.3 Å². The summed E-state index contributed by atoms with van der Waals surface area (Å²) < 4.78 is 1.94. The summed E-state index contributed by atoms with van der Waals surface area (Å²) in [6.45, 7) is 1.89. The van der Waals surface area contributed by atoms with Crippen molar-refractivity contribution in [3.63, 3.8) is 0 Å². The van der Waals surface area contributed by atoms with Gasteiger partial charge in [-0.15, -0.1) is 0 Å². The molecule has 23 heavy (non-hydrogen) atoms. The third kappa shape index (κ3) is 3.07. The average Bonchev–Trinajstić information content (AvgIpc) is 3.05. The fraction of sp³-hybridized carbons (Fsp3) is 0.353. The van der Waals surface area contributed by atoms with Gasteiger partial charge in [-0.25, -0.2) is 9.97 Å². The van der Waals surface area contributed by atoms with Crippen molar-refractivity contribution in [3.05, 3.63) is 59.4 Å². The van der Waals surface area contributed by atoms with Crippen LogP contribution >= 0.6 is 11.6 Å². The van der Waals surface area contributed by atoms with Crippen molar-refractivity contribution >= 4 is 17.4 Å². The monoisotopic (exact) mass is 327 g/mol. The Bertz CT molecular complexity index is 798. The van der Waals surface area contributed by atoms with Crippen LogP contribution in [0.25, 0.3) is 5.78 Å². The van der Waals surface area contributed by atoms with Crippen LogP contribution in [-0.2, 0) is 6.54 Å². The molecule has 1 unspecified atom stereocenters. The van der Waals surface area contributed by atoms with Gasteiger partial charge in [0.1, 0.15) is 0 Å². The van der Waals surface area contributed by atoms with Gasteiger partial charge in [-0.3, -0.25) is 14.3 Å². The zero-order valence-corrected chi connectivity index (χ0v) is 13.5. The molecule has 0 N–H and O–H groups in total. The molecule has 0 saturated carbocycles. The van der Waals surface area contributed by atoms with Crippen LogP contribution < -0.4 is 0 Å². The van der Waals surface area contributed by atoms with E-state index in [-0.39, 0.29) is 0 Å². The number of piperidine rings is 1. The van der Waals surface area contributed by atoms with Gasteiger partial charge in [-0.05, 0) is 37.6 Å². The second-order valence-electron chi connectivity index (χ2n) is 5.94. The Morgan fingerprint density at radius 1 is 1.13 bits per heavy atom. The number of likely N-dealkylation sites (tertiary alicyclic amines) is 1. The summed E-state index contributed by atoms with van der Waals surface area (Å²) in [5, 5.41) is 0.676. The number of hydrogen-bond donors (Lipinski definition) is 0. The average molecular weight is 328 g/mol. The van der Waals surface area contributed by atoms with E-state index in [0.29, 0.717) is 11.1 Å². The van der Waals surface area contributed by atoms with Crippen molar-refractivity contribution in [1.82, 2.24) is 24.3 Å². The molecule has 4 rings (SSSR count). The van der Waals surface area contributed by atoms with Crippen LogP contribution in [0, 0.1) is 0 Å². The second kappa shape index (κ2) is 6.26. The van der Waals surface area contributed by atoms with E-state index in [4.69, 9.17) is 16.6 Å². The minimum absolute atomic E-state index is 0.322. The fourth-order valence-electron chi connectivity index (χ4n) is 3.23. The standard InChI is InChI=1S/C17H18ClN5/c18-13-4-5-14(20-11-13)12-23-8-2-1-3-16(23)15-6-9-22-10-7-19-17(22)21-15/h4-7,9-11,16H,1-3,8,12H2. The fourth-order valence-corrected chi connectivity index (χ4v) is 3.34. The number of pyridine rings is 1. The summed E-state index contributed by atoms with van der Waals surface area (Å²) in [4.78, 5) is 15.9. The predicted octanol–water partition coefficient (Wildman–Crippen LogP) is 3.50. The number of fused-ring (bicyclic) bond motifs is 1.